The second-order valence-corrected chi connectivity index (χ2v) is 5.27. The number of hydrogen-bond acceptors (Lipinski definition) is 2. The first kappa shape index (κ1) is 13.0. The molecule has 0 radical (unpaired) electrons. The van der Waals surface area contributed by atoms with Crippen molar-refractivity contribution >= 4 is 11.6 Å². The van der Waals surface area contributed by atoms with Gasteiger partial charge in [0.2, 0.25) is 0 Å². The first-order chi connectivity index (χ1) is 7.09. The zero-order valence-corrected chi connectivity index (χ0v) is 10.7. The second kappa shape index (κ2) is 6.51. The summed E-state index contributed by atoms with van der Waals surface area (Å²) in [4.78, 5) is 2.42. The lowest BCUT2D eigenvalue weighted by molar-refractivity contribution is 0.185. The van der Waals surface area contributed by atoms with E-state index in [9.17, 15) is 0 Å². The molecule has 0 spiro atoms. The Bertz CT molecular complexity index is 198. The molecular formula is C12H23ClN2. The van der Waals surface area contributed by atoms with Crippen molar-refractivity contribution in [3.05, 3.63) is 11.6 Å². The van der Waals surface area contributed by atoms with Crippen molar-refractivity contribution in [2.45, 2.75) is 32.7 Å². The maximum atomic E-state index is 5.89. The fourth-order valence-electron chi connectivity index (χ4n) is 2.07. The molecule has 0 saturated carbocycles. The highest BCUT2D eigenvalue weighted by atomic mass is 35.5. The zero-order valence-electron chi connectivity index (χ0n) is 9.93. The van der Waals surface area contributed by atoms with E-state index in [0.29, 0.717) is 6.04 Å². The molecule has 0 aromatic heterocycles. The van der Waals surface area contributed by atoms with Gasteiger partial charge in [-0.2, -0.15) is 0 Å². The Morgan fingerprint density at radius 3 is 2.53 bits per heavy atom. The molecule has 15 heavy (non-hydrogen) atoms. The number of hydrogen-bond donors (Lipinski definition) is 1. The van der Waals surface area contributed by atoms with Crippen LogP contribution in [-0.2, 0) is 0 Å². The van der Waals surface area contributed by atoms with Gasteiger partial charge in [-0.1, -0.05) is 18.2 Å². The van der Waals surface area contributed by atoms with Crippen LogP contribution in [-0.4, -0.2) is 37.1 Å². The molecule has 1 aliphatic heterocycles. The van der Waals surface area contributed by atoms with E-state index in [1.54, 1.807) is 0 Å². The average Bonchev–Trinajstić information content (AvgIpc) is 2.17. The third kappa shape index (κ3) is 5.01. The Hall–Kier alpha value is -0.0500. The van der Waals surface area contributed by atoms with E-state index in [1.165, 1.54) is 25.9 Å². The van der Waals surface area contributed by atoms with Crippen molar-refractivity contribution < 1.29 is 0 Å². The van der Waals surface area contributed by atoms with E-state index in [2.05, 4.69) is 30.6 Å². The molecule has 0 aromatic carbocycles. The molecule has 1 N–H and O–H groups in total. The second-order valence-electron chi connectivity index (χ2n) is 4.73. The van der Waals surface area contributed by atoms with Gasteiger partial charge in [-0.25, -0.2) is 0 Å². The number of nitrogens with one attached hydrogen (secondary N) is 1. The van der Waals surface area contributed by atoms with Gasteiger partial charge in [-0.3, -0.25) is 4.90 Å². The summed E-state index contributed by atoms with van der Waals surface area (Å²) in [6.07, 6.45) is 2.58. The van der Waals surface area contributed by atoms with E-state index in [-0.39, 0.29) is 0 Å². The Morgan fingerprint density at radius 1 is 1.47 bits per heavy atom. The summed E-state index contributed by atoms with van der Waals surface area (Å²) in [7, 11) is 0. The molecule has 1 rings (SSSR count). The van der Waals surface area contributed by atoms with Gasteiger partial charge in [0.1, 0.15) is 0 Å². The van der Waals surface area contributed by atoms with Crippen LogP contribution in [0.5, 0.6) is 0 Å². The van der Waals surface area contributed by atoms with Gasteiger partial charge in [0.15, 0.2) is 0 Å². The SMILES string of the molecule is C=C(Cl)CN(CC1CCNCC1)C(C)C. The van der Waals surface area contributed by atoms with Crippen LogP contribution in [0, 0.1) is 5.92 Å². The van der Waals surface area contributed by atoms with Gasteiger partial charge in [0, 0.05) is 24.2 Å². The van der Waals surface area contributed by atoms with E-state index < -0.39 is 0 Å². The maximum absolute atomic E-state index is 5.89. The topological polar surface area (TPSA) is 15.3 Å². The number of nitrogens with zero attached hydrogens (tertiary/aromatic N) is 1. The van der Waals surface area contributed by atoms with Gasteiger partial charge in [0.05, 0.1) is 0 Å². The molecule has 0 unspecified atom stereocenters. The monoisotopic (exact) mass is 230 g/mol. The van der Waals surface area contributed by atoms with Crippen molar-refractivity contribution in [3.8, 4) is 0 Å². The molecule has 1 aliphatic rings. The Balaban J connectivity index is 2.38. The van der Waals surface area contributed by atoms with Gasteiger partial charge in [0.25, 0.3) is 0 Å². The third-order valence-electron chi connectivity index (χ3n) is 3.06. The number of rotatable bonds is 5. The lowest BCUT2D eigenvalue weighted by atomic mass is 9.97. The standard InChI is InChI=1S/C12H23ClN2/c1-10(2)15(8-11(3)13)9-12-4-6-14-7-5-12/h10,12,14H,3-9H2,1-2H3. The van der Waals surface area contributed by atoms with E-state index in [1.807, 2.05) is 0 Å². The molecule has 1 heterocycles. The minimum absolute atomic E-state index is 0.551. The van der Waals surface area contributed by atoms with Crippen LogP contribution in [0.1, 0.15) is 26.7 Å². The van der Waals surface area contributed by atoms with Crippen molar-refractivity contribution in [1.82, 2.24) is 10.2 Å². The highest BCUT2D eigenvalue weighted by Gasteiger charge is 2.18. The summed E-state index contributed by atoms with van der Waals surface area (Å²) in [5, 5.41) is 4.14. The fourth-order valence-corrected chi connectivity index (χ4v) is 2.23. The smallest absolute Gasteiger partial charge is 0.0338 e. The normalized spacial score (nSPS) is 18.7. The van der Waals surface area contributed by atoms with Gasteiger partial charge in [-0.15, -0.1) is 0 Å². The quantitative estimate of drug-likeness (QED) is 0.781. The van der Waals surface area contributed by atoms with Crippen LogP contribution in [0.4, 0.5) is 0 Å². The van der Waals surface area contributed by atoms with Crippen LogP contribution in [0.25, 0.3) is 0 Å². The fraction of sp³-hybridized carbons (Fsp3) is 0.833. The molecule has 0 amide bonds. The van der Waals surface area contributed by atoms with Crippen molar-refractivity contribution in [2.75, 3.05) is 26.2 Å². The average molecular weight is 231 g/mol. The highest BCUT2D eigenvalue weighted by Crippen LogP contribution is 2.16. The summed E-state index contributed by atoms with van der Waals surface area (Å²) in [5.41, 5.74) is 0. The van der Waals surface area contributed by atoms with Crippen LogP contribution < -0.4 is 5.32 Å². The predicted octanol–water partition coefficient (Wildman–Crippen LogP) is 2.45. The summed E-state index contributed by atoms with van der Waals surface area (Å²) in [6.45, 7) is 12.5. The summed E-state index contributed by atoms with van der Waals surface area (Å²) in [6, 6.07) is 0.551. The molecule has 1 saturated heterocycles. The lowest BCUT2D eigenvalue weighted by Crippen LogP contribution is -2.40. The van der Waals surface area contributed by atoms with E-state index in [4.69, 9.17) is 11.6 Å². The van der Waals surface area contributed by atoms with Gasteiger partial charge in [-0.05, 0) is 45.7 Å². The summed E-state index contributed by atoms with van der Waals surface area (Å²) >= 11 is 5.89. The molecule has 3 heteroatoms. The third-order valence-corrected chi connectivity index (χ3v) is 3.18. The Kier molecular flexibility index (Phi) is 5.65. The largest absolute Gasteiger partial charge is 0.317 e. The maximum Gasteiger partial charge on any atom is 0.0338 e. The molecule has 0 aliphatic carbocycles. The highest BCUT2D eigenvalue weighted by molar-refractivity contribution is 6.29. The summed E-state index contributed by atoms with van der Waals surface area (Å²) < 4.78 is 0. The first-order valence-corrected chi connectivity index (χ1v) is 6.25. The summed E-state index contributed by atoms with van der Waals surface area (Å²) in [5.74, 6) is 0.824. The molecule has 0 atom stereocenters. The first-order valence-electron chi connectivity index (χ1n) is 5.87. The van der Waals surface area contributed by atoms with Gasteiger partial charge < -0.3 is 5.32 Å². The molecule has 0 aromatic rings. The minimum Gasteiger partial charge on any atom is -0.317 e. The van der Waals surface area contributed by atoms with Crippen LogP contribution >= 0.6 is 11.6 Å². The van der Waals surface area contributed by atoms with Crippen molar-refractivity contribution in [2.24, 2.45) is 5.92 Å². The molecule has 2 nitrogen and oxygen atoms in total. The number of halogens is 1. The van der Waals surface area contributed by atoms with Crippen molar-refractivity contribution in [3.63, 3.8) is 0 Å². The predicted molar refractivity (Wildman–Crippen MR) is 67.3 cm³/mol. The molecule has 0 bridgehead atoms. The van der Waals surface area contributed by atoms with Crippen molar-refractivity contribution in [1.29, 1.82) is 0 Å². The molecule has 88 valence electrons. The van der Waals surface area contributed by atoms with E-state index >= 15 is 0 Å². The van der Waals surface area contributed by atoms with Crippen LogP contribution in [0.3, 0.4) is 0 Å². The van der Waals surface area contributed by atoms with Crippen LogP contribution in [0.2, 0.25) is 0 Å². The Labute approximate surface area is 98.7 Å². The molecular weight excluding hydrogens is 208 g/mol. The number of piperidine rings is 1. The minimum atomic E-state index is 0.551. The van der Waals surface area contributed by atoms with Gasteiger partial charge >= 0.3 is 0 Å². The zero-order chi connectivity index (χ0) is 11.3. The Morgan fingerprint density at radius 2 is 2.07 bits per heavy atom. The lowest BCUT2D eigenvalue weighted by Gasteiger charge is -2.32. The van der Waals surface area contributed by atoms with E-state index in [0.717, 1.165) is 24.0 Å². The molecule has 1 fully saturated rings. The van der Waals surface area contributed by atoms with Crippen LogP contribution in [0.15, 0.2) is 11.6 Å².